The third kappa shape index (κ3) is 9.33. The SMILES string of the molecule is N[C@@H](CCC(=O)N[C@H](CSCc1ccc(F)cc1)C(=O)NCC(=O)O)C(=O)O. The number of thioether (sulfide) groups is 1. The Bertz CT molecular complexity index is 701. The van der Waals surface area contributed by atoms with Crippen molar-refractivity contribution in [2.45, 2.75) is 30.7 Å². The molecule has 0 bridgehead atoms. The van der Waals surface area contributed by atoms with Crippen molar-refractivity contribution in [1.29, 1.82) is 0 Å². The molecule has 0 saturated carbocycles. The second-order valence-corrected chi connectivity index (χ2v) is 6.89. The van der Waals surface area contributed by atoms with E-state index >= 15 is 0 Å². The Morgan fingerprint density at radius 3 is 2.36 bits per heavy atom. The average molecular weight is 415 g/mol. The van der Waals surface area contributed by atoms with Crippen LogP contribution in [0.1, 0.15) is 18.4 Å². The van der Waals surface area contributed by atoms with E-state index < -0.39 is 42.4 Å². The minimum absolute atomic E-state index is 0.104. The van der Waals surface area contributed by atoms with Gasteiger partial charge < -0.3 is 26.6 Å². The third-order valence-electron chi connectivity index (χ3n) is 3.53. The van der Waals surface area contributed by atoms with Gasteiger partial charge in [0.05, 0.1) is 0 Å². The van der Waals surface area contributed by atoms with E-state index in [4.69, 9.17) is 15.9 Å². The number of amides is 2. The van der Waals surface area contributed by atoms with Crippen LogP contribution in [0, 0.1) is 5.82 Å². The number of nitrogens with two attached hydrogens (primary N) is 1. The molecule has 11 heteroatoms. The Hall–Kier alpha value is -2.66. The first kappa shape index (κ1) is 23.4. The molecule has 9 nitrogen and oxygen atoms in total. The van der Waals surface area contributed by atoms with Gasteiger partial charge in [-0.1, -0.05) is 12.1 Å². The molecule has 0 spiro atoms. The quantitative estimate of drug-likeness (QED) is 0.317. The Balaban J connectivity index is 2.60. The van der Waals surface area contributed by atoms with Crippen LogP contribution in [0.25, 0.3) is 0 Å². The summed E-state index contributed by atoms with van der Waals surface area (Å²) in [6, 6.07) is 3.58. The highest BCUT2D eigenvalue weighted by molar-refractivity contribution is 7.98. The number of carbonyl (C=O) groups excluding carboxylic acids is 2. The molecule has 0 aromatic heterocycles. The molecule has 1 aromatic rings. The van der Waals surface area contributed by atoms with Gasteiger partial charge in [0.2, 0.25) is 11.8 Å². The summed E-state index contributed by atoms with van der Waals surface area (Å²) < 4.78 is 12.9. The molecule has 2 amide bonds. The minimum Gasteiger partial charge on any atom is -0.480 e. The van der Waals surface area contributed by atoms with Gasteiger partial charge in [-0.2, -0.15) is 11.8 Å². The van der Waals surface area contributed by atoms with Crippen molar-refractivity contribution >= 4 is 35.5 Å². The van der Waals surface area contributed by atoms with Gasteiger partial charge in [0.25, 0.3) is 0 Å². The molecule has 2 atom stereocenters. The molecule has 1 aromatic carbocycles. The topological polar surface area (TPSA) is 159 Å². The van der Waals surface area contributed by atoms with Crippen molar-refractivity contribution in [2.24, 2.45) is 5.73 Å². The molecular weight excluding hydrogens is 393 g/mol. The predicted molar refractivity (Wildman–Crippen MR) is 100.0 cm³/mol. The van der Waals surface area contributed by atoms with Crippen LogP contribution in [0.2, 0.25) is 0 Å². The number of nitrogens with one attached hydrogen (secondary N) is 2. The maximum atomic E-state index is 12.9. The van der Waals surface area contributed by atoms with Crippen LogP contribution in [0.3, 0.4) is 0 Å². The first-order chi connectivity index (χ1) is 13.2. The van der Waals surface area contributed by atoms with Crippen LogP contribution in [0.4, 0.5) is 4.39 Å². The summed E-state index contributed by atoms with van der Waals surface area (Å²) in [4.78, 5) is 45.4. The van der Waals surface area contributed by atoms with Gasteiger partial charge in [-0.05, 0) is 24.1 Å². The first-order valence-electron chi connectivity index (χ1n) is 8.28. The normalized spacial score (nSPS) is 12.6. The number of aliphatic carboxylic acids is 2. The number of carboxylic acid groups (broad SMARTS) is 2. The number of carbonyl (C=O) groups is 4. The van der Waals surface area contributed by atoms with Crippen molar-refractivity contribution < 1.29 is 33.8 Å². The second-order valence-electron chi connectivity index (χ2n) is 5.86. The molecule has 0 radical (unpaired) electrons. The molecule has 154 valence electrons. The number of hydrogen-bond acceptors (Lipinski definition) is 6. The van der Waals surface area contributed by atoms with Crippen molar-refractivity contribution in [3.8, 4) is 0 Å². The maximum absolute atomic E-state index is 12.9. The summed E-state index contributed by atoms with van der Waals surface area (Å²) >= 11 is 1.29. The fourth-order valence-electron chi connectivity index (χ4n) is 2.02. The van der Waals surface area contributed by atoms with Gasteiger partial charge in [-0.25, -0.2) is 4.39 Å². The van der Waals surface area contributed by atoms with E-state index in [1.165, 1.54) is 23.9 Å². The van der Waals surface area contributed by atoms with E-state index in [2.05, 4.69) is 10.6 Å². The van der Waals surface area contributed by atoms with E-state index in [1.807, 2.05) is 0 Å². The fraction of sp³-hybridized carbons (Fsp3) is 0.412. The number of benzene rings is 1. The van der Waals surface area contributed by atoms with E-state index in [0.717, 1.165) is 5.56 Å². The van der Waals surface area contributed by atoms with E-state index in [1.54, 1.807) is 12.1 Å². The van der Waals surface area contributed by atoms with Crippen LogP contribution in [-0.4, -0.2) is 58.3 Å². The summed E-state index contributed by atoms with van der Waals surface area (Å²) in [5.74, 6) is -3.50. The minimum atomic E-state index is -1.24. The zero-order valence-corrected chi connectivity index (χ0v) is 15.7. The monoisotopic (exact) mass is 415 g/mol. The Kier molecular flexibility index (Phi) is 9.96. The third-order valence-corrected chi connectivity index (χ3v) is 4.64. The van der Waals surface area contributed by atoms with E-state index in [0.29, 0.717) is 5.75 Å². The lowest BCUT2D eigenvalue weighted by Crippen LogP contribution is -2.49. The highest BCUT2D eigenvalue weighted by Gasteiger charge is 2.22. The standard InChI is InChI=1S/C17H22FN3O6S/c18-11-3-1-10(2-4-11)8-28-9-13(16(25)20-7-15(23)24)21-14(22)6-5-12(19)17(26)27/h1-4,12-13H,5-9,19H2,(H,20,25)(H,21,22)(H,23,24)(H,26,27)/t12-,13+/m0/s1. The lowest BCUT2D eigenvalue weighted by Gasteiger charge is -2.18. The van der Waals surface area contributed by atoms with Crippen LogP contribution in [0.5, 0.6) is 0 Å². The summed E-state index contributed by atoms with van der Waals surface area (Å²) in [5.41, 5.74) is 6.15. The molecule has 0 aliphatic heterocycles. The average Bonchev–Trinajstić information content (AvgIpc) is 2.64. The summed E-state index contributed by atoms with van der Waals surface area (Å²) in [5, 5.41) is 22.0. The molecule has 0 heterocycles. The van der Waals surface area contributed by atoms with Crippen molar-refractivity contribution in [3.05, 3.63) is 35.6 Å². The molecule has 28 heavy (non-hydrogen) atoms. The number of hydrogen-bond donors (Lipinski definition) is 5. The zero-order valence-electron chi connectivity index (χ0n) is 14.9. The zero-order chi connectivity index (χ0) is 21.1. The summed E-state index contributed by atoms with van der Waals surface area (Å²) in [6.45, 7) is -0.599. The molecule has 0 aliphatic rings. The lowest BCUT2D eigenvalue weighted by atomic mass is 10.1. The summed E-state index contributed by atoms with van der Waals surface area (Å²) in [6.07, 6.45) is -0.299. The summed E-state index contributed by atoms with van der Waals surface area (Å²) in [7, 11) is 0. The molecule has 6 N–H and O–H groups in total. The molecule has 1 rings (SSSR count). The highest BCUT2D eigenvalue weighted by Crippen LogP contribution is 2.14. The molecule has 0 saturated heterocycles. The molecule has 0 unspecified atom stereocenters. The van der Waals surface area contributed by atoms with E-state index in [-0.39, 0.29) is 24.4 Å². The van der Waals surface area contributed by atoms with Gasteiger partial charge in [0, 0.05) is 17.9 Å². The smallest absolute Gasteiger partial charge is 0.322 e. The number of rotatable bonds is 12. The van der Waals surface area contributed by atoms with Crippen molar-refractivity contribution in [1.82, 2.24) is 10.6 Å². The molecule has 0 aliphatic carbocycles. The first-order valence-corrected chi connectivity index (χ1v) is 9.44. The van der Waals surface area contributed by atoms with Crippen LogP contribution >= 0.6 is 11.8 Å². The number of carboxylic acids is 2. The lowest BCUT2D eigenvalue weighted by molar-refractivity contribution is -0.139. The van der Waals surface area contributed by atoms with Crippen LogP contribution in [-0.2, 0) is 24.9 Å². The van der Waals surface area contributed by atoms with Gasteiger partial charge in [-0.3, -0.25) is 19.2 Å². The highest BCUT2D eigenvalue weighted by atomic mass is 32.2. The van der Waals surface area contributed by atoms with E-state index in [9.17, 15) is 23.6 Å². The van der Waals surface area contributed by atoms with Crippen LogP contribution < -0.4 is 16.4 Å². The molecule has 0 fully saturated rings. The Morgan fingerprint density at radius 2 is 1.79 bits per heavy atom. The van der Waals surface area contributed by atoms with Crippen LogP contribution in [0.15, 0.2) is 24.3 Å². The fourth-order valence-corrected chi connectivity index (χ4v) is 3.04. The predicted octanol–water partition coefficient (Wildman–Crippen LogP) is -0.0634. The number of halogens is 1. The van der Waals surface area contributed by atoms with Gasteiger partial charge in [0.1, 0.15) is 24.4 Å². The van der Waals surface area contributed by atoms with Crippen molar-refractivity contribution in [3.63, 3.8) is 0 Å². The van der Waals surface area contributed by atoms with Gasteiger partial charge in [-0.15, -0.1) is 0 Å². The second kappa shape index (κ2) is 11.9. The van der Waals surface area contributed by atoms with Gasteiger partial charge >= 0.3 is 11.9 Å². The largest absolute Gasteiger partial charge is 0.480 e. The Labute approximate surface area is 164 Å². The molecular formula is C17H22FN3O6S. The van der Waals surface area contributed by atoms with Gasteiger partial charge in [0.15, 0.2) is 0 Å². The Morgan fingerprint density at radius 1 is 1.14 bits per heavy atom. The van der Waals surface area contributed by atoms with Crippen molar-refractivity contribution in [2.75, 3.05) is 12.3 Å². The maximum Gasteiger partial charge on any atom is 0.322 e.